The molecule has 0 spiro atoms. The third-order valence-electron chi connectivity index (χ3n) is 3.89. The summed E-state index contributed by atoms with van der Waals surface area (Å²) in [6, 6.07) is 6.89. The Kier molecular flexibility index (Phi) is 5.27. The van der Waals surface area contributed by atoms with Crippen molar-refractivity contribution >= 4 is 29.3 Å². The van der Waals surface area contributed by atoms with E-state index < -0.39 is 0 Å². The first kappa shape index (κ1) is 15.6. The Balaban J connectivity index is 1.93. The van der Waals surface area contributed by atoms with Gasteiger partial charge in [-0.25, -0.2) is 4.42 Å². The van der Waals surface area contributed by atoms with Gasteiger partial charge in [0.2, 0.25) is 0 Å². The van der Waals surface area contributed by atoms with Crippen LogP contribution >= 0.6 is 23.4 Å². The molecule has 0 radical (unpaired) electrons. The Bertz CT molecular complexity index is 456. The van der Waals surface area contributed by atoms with Crippen LogP contribution in [0.4, 0.5) is 0 Å². The lowest BCUT2D eigenvalue weighted by molar-refractivity contribution is 0.0926. The lowest BCUT2D eigenvalue weighted by Crippen LogP contribution is -2.56. The Morgan fingerprint density at radius 2 is 1.90 bits per heavy atom. The minimum absolute atomic E-state index is 0.0759. The van der Waals surface area contributed by atoms with Gasteiger partial charge in [0.25, 0.3) is 5.91 Å². The fourth-order valence-electron chi connectivity index (χ4n) is 2.38. The zero-order valence-electron chi connectivity index (χ0n) is 11.5. The lowest BCUT2D eigenvalue weighted by Gasteiger charge is -2.39. The molecule has 0 unspecified atom stereocenters. The molecule has 0 aliphatic carbocycles. The second kappa shape index (κ2) is 6.76. The summed E-state index contributed by atoms with van der Waals surface area (Å²) in [5.74, 6) is -0.0791. The predicted molar refractivity (Wildman–Crippen MR) is 82.2 cm³/mol. The minimum Gasteiger partial charge on any atom is -0.350 e. The van der Waals surface area contributed by atoms with Gasteiger partial charge in [-0.1, -0.05) is 11.6 Å². The van der Waals surface area contributed by atoms with Gasteiger partial charge in [-0.2, -0.15) is 0 Å². The molecular formula is C14H19Cl2N3O. The van der Waals surface area contributed by atoms with Crippen LogP contribution in [0.2, 0.25) is 5.02 Å². The number of likely N-dealkylation sites (N-methyl/N-ethyl adjacent to an activating group) is 1. The van der Waals surface area contributed by atoms with Gasteiger partial charge in [-0.15, -0.1) is 0 Å². The Morgan fingerprint density at radius 1 is 1.30 bits per heavy atom. The van der Waals surface area contributed by atoms with Crippen LogP contribution in [-0.4, -0.2) is 42.5 Å². The molecule has 2 rings (SSSR count). The standard InChI is InChI=1S/C14H19Cl2N3O/c1-17-14(6-8-19(16)9-7-14)10-18-13(20)11-2-4-12(15)5-3-11/h2-5,17H,6-10H2,1H3,(H,18,20). The molecular weight excluding hydrogens is 297 g/mol. The van der Waals surface area contributed by atoms with Crippen molar-refractivity contribution in [3.05, 3.63) is 34.9 Å². The number of hydrogen-bond acceptors (Lipinski definition) is 3. The number of piperidine rings is 1. The van der Waals surface area contributed by atoms with Crippen molar-refractivity contribution in [1.82, 2.24) is 15.1 Å². The molecule has 110 valence electrons. The summed E-state index contributed by atoms with van der Waals surface area (Å²) in [4.78, 5) is 12.1. The highest BCUT2D eigenvalue weighted by Gasteiger charge is 2.33. The van der Waals surface area contributed by atoms with Crippen LogP contribution in [-0.2, 0) is 0 Å². The van der Waals surface area contributed by atoms with E-state index >= 15 is 0 Å². The average Bonchev–Trinajstić information content (AvgIpc) is 2.48. The Hall–Kier alpha value is -0.810. The first-order valence-corrected chi connectivity index (χ1v) is 7.40. The number of rotatable bonds is 4. The summed E-state index contributed by atoms with van der Waals surface area (Å²) in [5.41, 5.74) is 0.545. The third kappa shape index (κ3) is 3.85. The molecule has 1 aliphatic heterocycles. The van der Waals surface area contributed by atoms with Crippen molar-refractivity contribution in [1.29, 1.82) is 0 Å². The molecule has 1 saturated heterocycles. The largest absolute Gasteiger partial charge is 0.350 e. The molecule has 1 amide bonds. The smallest absolute Gasteiger partial charge is 0.251 e. The molecule has 0 saturated carbocycles. The molecule has 1 heterocycles. The topological polar surface area (TPSA) is 44.4 Å². The zero-order valence-corrected chi connectivity index (χ0v) is 13.0. The Morgan fingerprint density at radius 3 is 2.45 bits per heavy atom. The van der Waals surface area contributed by atoms with Crippen molar-refractivity contribution in [3.8, 4) is 0 Å². The number of carbonyl (C=O) groups is 1. The monoisotopic (exact) mass is 315 g/mol. The maximum Gasteiger partial charge on any atom is 0.251 e. The molecule has 0 atom stereocenters. The van der Waals surface area contributed by atoms with Crippen molar-refractivity contribution < 1.29 is 4.79 Å². The zero-order chi connectivity index (χ0) is 14.6. The highest BCUT2D eigenvalue weighted by atomic mass is 35.5. The van der Waals surface area contributed by atoms with Crippen LogP contribution in [0.25, 0.3) is 0 Å². The van der Waals surface area contributed by atoms with Gasteiger partial charge in [0.1, 0.15) is 0 Å². The first-order valence-electron chi connectivity index (χ1n) is 6.68. The SMILES string of the molecule is CNC1(CNC(=O)c2ccc(Cl)cc2)CCN(Cl)CC1. The van der Waals surface area contributed by atoms with Gasteiger partial charge in [0, 0.05) is 35.8 Å². The second-order valence-corrected chi connectivity index (χ2v) is 6.04. The maximum absolute atomic E-state index is 12.1. The van der Waals surface area contributed by atoms with E-state index in [1.54, 1.807) is 28.7 Å². The van der Waals surface area contributed by atoms with Crippen LogP contribution in [0.5, 0.6) is 0 Å². The van der Waals surface area contributed by atoms with E-state index in [1.165, 1.54) is 0 Å². The second-order valence-electron chi connectivity index (χ2n) is 5.13. The van der Waals surface area contributed by atoms with Crippen molar-refractivity contribution in [2.75, 3.05) is 26.7 Å². The molecule has 1 aliphatic rings. The highest BCUT2D eigenvalue weighted by molar-refractivity contribution is 6.30. The number of benzene rings is 1. The maximum atomic E-state index is 12.1. The summed E-state index contributed by atoms with van der Waals surface area (Å²) in [6.07, 6.45) is 1.82. The molecule has 0 bridgehead atoms. The van der Waals surface area contributed by atoms with E-state index in [0.29, 0.717) is 17.1 Å². The number of nitrogens with one attached hydrogen (secondary N) is 2. The van der Waals surface area contributed by atoms with Crippen LogP contribution in [0.1, 0.15) is 23.2 Å². The number of nitrogens with zero attached hydrogens (tertiary/aromatic N) is 1. The normalized spacial score (nSPS) is 18.8. The van der Waals surface area contributed by atoms with E-state index in [-0.39, 0.29) is 11.4 Å². The predicted octanol–water partition coefficient (Wildman–Crippen LogP) is 2.28. The van der Waals surface area contributed by atoms with Crippen LogP contribution in [0.3, 0.4) is 0 Å². The van der Waals surface area contributed by atoms with E-state index in [1.807, 2.05) is 7.05 Å². The van der Waals surface area contributed by atoms with E-state index in [0.717, 1.165) is 25.9 Å². The number of halogens is 2. The van der Waals surface area contributed by atoms with Crippen LogP contribution in [0.15, 0.2) is 24.3 Å². The quantitative estimate of drug-likeness (QED) is 0.838. The average molecular weight is 316 g/mol. The summed E-state index contributed by atoms with van der Waals surface area (Å²) >= 11 is 11.8. The van der Waals surface area contributed by atoms with Crippen LogP contribution < -0.4 is 10.6 Å². The van der Waals surface area contributed by atoms with Gasteiger partial charge >= 0.3 is 0 Å². The van der Waals surface area contributed by atoms with Gasteiger partial charge in [0.05, 0.1) is 0 Å². The molecule has 6 heteroatoms. The first-order chi connectivity index (χ1) is 9.54. The lowest BCUT2D eigenvalue weighted by atomic mass is 9.88. The molecule has 1 fully saturated rings. The Labute approximate surface area is 129 Å². The molecule has 4 nitrogen and oxygen atoms in total. The minimum atomic E-state index is -0.0791. The molecule has 1 aromatic rings. The van der Waals surface area contributed by atoms with Gasteiger partial charge in [0.15, 0.2) is 0 Å². The highest BCUT2D eigenvalue weighted by Crippen LogP contribution is 2.22. The summed E-state index contributed by atoms with van der Waals surface area (Å²) in [5, 5.41) is 6.95. The third-order valence-corrected chi connectivity index (χ3v) is 4.48. The molecule has 0 aromatic heterocycles. The van der Waals surface area contributed by atoms with E-state index in [2.05, 4.69) is 10.6 Å². The van der Waals surface area contributed by atoms with Gasteiger partial charge in [-0.05, 0) is 55.9 Å². The van der Waals surface area contributed by atoms with Gasteiger partial charge < -0.3 is 10.6 Å². The summed E-state index contributed by atoms with van der Waals surface area (Å²) in [6.45, 7) is 2.23. The van der Waals surface area contributed by atoms with E-state index in [4.69, 9.17) is 23.4 Å². The number of carbonyl (C=O) groups excluding carboxylic acids is 1. The van der Waals surface area contributed by atoms with Crippen molar-refractivity contribution in [2.24, 2.45) is 0 Å². The van der Waals surface area contributed by atoms with Crippen LogP contribution in [0, 0.1) is 0 Å². The van der Waals surface area contributed by atoms with Gasteiger partial charge in [-0.3, -0.25) is 4.79 Å². The van der Waals surface area contributed by atoms with Crippen molar-refractivity contribution in [3.63, 3.8) is 0 Å². The molecule has 20 heavy (non-hydrogen) atoms. The van der Waals surface area contributed by atoms with E-state index in [9.17, 15) is 4.79 Å². The molecule has 2 N–H and O–H groups in total. The van der Waals surface area contributed by atoms with Crippen molar-refractivity contribution in [2.45, 2.75) is 18.4 Å². The molecule has 1 aromatic carbocycles. The fraction of sp³-hybridized carbons (Fsp3) is 0.500. The fourth-order valence-corrected chi connectivity index (χ4v) is 2.67. The summed E-state index contributed by atoms with van der Waals surface area (Å²) in [7, 11) is 1.93. The summed E-state index contributed by atoms with van der Waals surface area (Å²) < 4.78 is 1.79. The number of amides is 1. The number of hydrogen-bond donors (Lipinski definition) is 2.